The second kappa shape index (κ2) is 6.83. The summed E-state index contributed by atoms with van der Waals surface area (Å²) in [5.41, 5.74) is 3.85. The number of aryl methyl sites for hydroxylation is 2. The second-order valence-electron chi connectivity index (χ2n) is 7.41. The van der Waals surface area contributed by atoms with E-state index in [4.69, 9.17) is 5.10 Å². The normalized spacial score (nSPS) is 16.7. The summed E-state index contributed by atoms with van der Waals surface area (Å²) in [6.07, 6.45) is 6.24. The standard InChI is InChI=1S/C19H22N8O/c1-13-22-17-12-25(11-16(17)19(28)23-13)9-14-7-15-10-26(5-2-6-27(15)24-14)18-8-20-3-4-21-18/h3-4,7-8H,2,5-6,9-12H2,1H3,(H,22,23,28). The molecule has 0 amide bonds. The third kappa shape index (κ3) is 3.18. The Labute approximate surface area is 162 Å². The van der Waals surface area contributed by atoms with Crippen LogP contribution in [0.3, 0.4) is 0 Å². The number of nitrogens with zero attached hydrogens (tertiary/aromatic N) is 7. The molecule has 0 saturated heterocycles. The highest BCUT2D eigenvalue weighted by molar-refractivity contribution is 5.36. The molecule has 28 heavy (non-hydrogen) atoms. The Morgan fingerprint density at radius 2 is 2.11 bits per heavy atom. The molecule has 0 aliphatic carbocycles. The second-order valence-corrected chi connectivity index (χ2v) is 7.41. The Bertz CT molecular complexity index is 1060. The van der Waals surface area contributed by atoms with Gasteiger partial charge in [0.2, 0.25) is 0 Å². The maximum absolute atomic E-state index is 12.1. The zero-order valence-corrected chi connectivity index (χ0v) is 15.8. The van der Waals surface area contributed by atoms with Gasteiger partial charge in [-0.15, -0.1) is 0 Å². The lowest BCUT2D eigenvalue weighted by atomic mass is 10.3. The van der Waals surface area contributed by atoms with Crippen molar-refractivity contribution in [3.8, 4) is 0 Å². The van der Waals surface area contributed by atoms with Crippen LogP contribution in [0.15, 0.2) is 29.5 Å². The molecule has 0 saturated carbocycles. The number of fused-ring (bicyclic) bond motifs is 2. The molecule has 0 aromatic carbocycles. The summed E-state index contributed by atoms with van der Waals surface area (Å²) in [5.74, 6) is 1.57. The highest BCUT2D eigenvalue weighted by atomic mass is 16.1. The van der Waals surface area contributed by atoms with Crippen molar-refractivity contribution >= 4 is 5.82 Å². The van der Waals surface area contributed by atoms with E-state index in [1.807, 2.05) is 6.92 Å². The highest BCUT2D eigenvalue weighted by Crippen LogP contribution is 2.22. The van der Waals surface area contributed by atoms with Crippen molar-refractivity contribution in [2.24, 2.45) is 0 Å². The smallest absolute Gasteiger partial charge is 0.255 e. The van der Waals surface area contributed by atoms with Crippen molar-refractivity contribution in [2.75, 3.05) is 11.4 Å². The number of anilines is 1. The van der Waals surface area contributed by atoms with Crippen molar-refractivity contribution < 1.29 is 0 Å². The third-order valence-electron chi connectivity index (χ3n) is 5.30. The van der Waals surface area contributed by atoms with Crippen molar-refractivity contribution in [1.82, 2.24) is 34.6 Å². The first-order valence-electron chi connectivity index (χ1n) is 9.53. The van der Waals surface area contributed by atoms with Gasteiger partial charge in [-0.05, 0) is 19.4 Å². The van der Waals surface area contributed by atoms with Gasteiger partial charge in [-0.3, -0.25) is 19.4 Å². The van der Waals surface area contributed by atoms with Crippen LogP contribution in [0.25, 0.3) is 0 Å². The topological polar surface area (TPSA) is 95.8 Å². The van der Waals surface area contributed by atoms with Gasteiger partial charge in [0, 0.05) is 45.1 Å². The van der Waals surface area contributed by atoms with Crippen molar-refractivity contribution in [3.05, 3.63) is 63.5 Å². The predicted octanol–water partition coefficient (Wildman–Crippen LogP) is 0.991. The minimum Gasteiger partial charge on any atom is -0.349 e. The first-order chi connectivity index (χ1) is 13.7. The van der Waals surface area contributed by atoms with Gasteiger partial charge in [0.1, 0.15) is 11.6 Å². The number of rotatable bonds is 3. The summed E-state index contributed by atoms with van der Waals surface area (Å²) in [4.78, 5) is 32.5. The molecule has 5 heterocycles. The average molecular weight is 378 g/mol. The van der Waals surface area contributed by atoms with E-state index in [9.17, 15) is 4.79 Å². The van der Waals surface area contributed by atoms with Crippen LogP contribution >= 0.6 is 0 Å². The monoisotopic (exact) mass is 378 g/mol. The lowest BCUT2D eigenvalue weighted by Gasteiger charge is -2.20. The van der Waals surface area contributed by atoms with Gasteiger partial charge < -0.3 is 9.88 Å². The molecule has 0 fully saturated rings. The molecule has 0 bridgehead atoms. The van der Waals surface area contributed by atoms with Crippen LogP contribution in [0.1, 0.15) is 34.9 Å². The van der Waals surface area contributed by atoms with E-state index in [2.05, 4.69) is 40.5 Å². The van der Waals surface area contributed by atoms with Crippen molar-refractivity contribution in [2.45, 2.75) is 46.1 Å². The van der Waals surface area contributed by atoms with E-state index in [1.54, 1.807) is 18.6 Å². The molecule has 0 unspecified atom stereocenters. The lowest BCUT2D eigenvalue weighted by Crippen LogP contribution is -2.23. The fourth-order valence-corrected chi connectivity index (χ4v) is 4.04. The molecule has 9 heteroatoms. The van der Waals surface area contributed by atoms with Crippen LogP contribution in [0.4, 0.5) is 5.82 Å². The number of hydrogen-bond acceptors (Lipinski definition) is 7. The summed E-state index contributed by atoms with van der Waals surface area (Å²) < 4.78 is 2.10. The van der Waals surface area contributed by atoms with E-state index in [0.717, 1.165) is 48.8 Å². The molecule has 0 atom stereocenters. The van der Waals surface area contributed by atoms with Gasteiger partial charge in [0.25, 0.3) is 5.56 Å². The van der Waals surface area contributed by atoms with Gasteiger partial charge in [-0.2, -0.15) is 5.10 Å². The van der Waals surface area contributed by atoms with Crippen LogP contribution in [-0.4, -0.2) is 41.2 Å². The van der Waals surface area contributed by atoms with Gasteiger partial charge in [-0.25, -0.2) is 9.97 Å². The highest BCUT2D eigenvalue weighted by Gasteiger charge is 2.25. The molecule has 2 aliphatic rings. The summed E-state index contributed by atoms with van der Waals surface area (Å²) >= 11 is 0. The Balaban J connectivity index is 1.33. The van der Waals surface area contributed by atoms with E-state index in [0.29, 0.717) is 25.5 Å². The first-order valence-corrected chi connectivity index (χ1v) is 9.53. The van der Waals surface area contributed by atoms with Crippen LogP contribution in [-0.2, 0) is 32.7 Å². The lowest BCUT2D eigenvalue weighted by molar-refractivity contribution is 0.269. The fraction of sp³-hybridized carbons (Fsp3) is 0.421. The van der Waals surface area contributed by atoms with E-state index in [-0.39, 0.29) is 5.56 Å². The molecular formula is C19H22N8O. The minimum atomic E-state index is -0.0229. The zero-order chi connectivity index (χ0) is 19.1. The Kier molecular flexibility index (Phi) is 4.16. The maximum Gasteiger partial charge on any atom is 0.255 e. The Hall–Kier alpha value is -3.07. The maximum atomic E-state index is 12.1. The predicted molar refractivity (Wildman–Crippen MR) is 102 cm³/mol. The van der Waals surface area contributed by atoms with Crippen molar-refractivity contribution in [3.63, 3.8) is 0 Å². The summed E-state index contributed by atoms with van der Waals surface area (Å²) in [6.45, 7) is 6.44. The number of H-pyrrole nitrogens is 1. The first kappa shape index (κ1) is 17.1. The van der Waals surface area contributed by atoms with Crippen LogP contribution in [0.5, 0.6) is 0 Å². The fourth-order valence-electron chi connectivity index (χ4n) is 4.04. The molecule has 0 radical (unpaired) electrons. The summed E-state index contributed by atoms with van der Waals surface area (Å²) in [7, 11) is 0. The largest absolute Gasteiger partial charge is 0.349 e. The summed E-state index contributed by atoms with van der Waals surface area (Å²) in [6, 6.07) is 2.17. The summed E-state index contributed by atoms with van der Waals surface area (Å²) in [5, 5.41) is 4.81. The molecule has 1 N–H and O–H groups in total. The molecule has 5 rings (SSSR count). The molecule has 3 aromatic heterocycles. The number of hydrogen-bond donors (Lipinski definition) is 1. The van der Waals surface area contributed by atoms with E-state index in [1.165, 1.54) is 5.69 Å². The van der Waals surface area contributed by atoms with E-state index >= 15 is 0 Å². The van der Waals surface area contributed by atoms with Gasteiger partial charge in [0.05, 0.1) is 35.4 Å². The van der Waals surface area contributed by atoms with E-state index < -0.39 is 0 Å². The molecule has 2 aliphatic heterocycles. The number of nitrogens with one attached hydrogen (secondary N) is 1. The van der Waals surface area contributed by atoms with Crippen LogP contribution in [0, 0.1) is 6.92 Å². The average Bonchev–Trinajstić information content (AvgIpc) is 3.19. The Morgan fingerprint density at radius 3 is 2.96 bits per heavy atom. The number of aromatic amines is 1. The minimum absolute atomic E-state index is 0.0229. The molecule has 144 valence electrons. The molecule has 9 nitrogen and oxygen atoms in total. The van der Waals surface area contributed by atoms with Crippen molar-refractivity contribution in [1.29, 1.82) is 0 Å². The van der Waals surface area contributed by atoms with Gasteiger partial charge in [-0.1, -0.05) is 0 Å². The van der Waals surface area contributed by atoms with Gasteiger partial charge in [0.15, 0.2) is 0 Å². The van der Waals surface area contributed by atoms with Crippen LogP contribution < -0.4 is 10.5 Å². The van der Waals surface area contributed by atoms with Crippen LogP contribution in [0.2, 0.25) is 0 Å². The zero-order valence-electron chi connectivity index (χ0n) is 15.8. The quantitative estimate of drug-likeness (QED) is 0.726. The third-order valence-corrected chi connectivity index (χ3v) is 5.30. The molecule has 0 spiro atoms. The Morgan fingerprint density at radius 1 is 1.18 bits per heavy atom. The van der Waals surface area contributed by atoms with Gasteiger partial charge >= 0.3 is 0 Å². The molecular weight excluding hydrogens is 356 g/mol. The molecule has 3 aromatic rings. The SMILES string of the molecule is Cc1nc2c(c(=O)[nH]1)CN(Cc1cc3n(n1)CCCN(c1cnccn1)C3)C2. The number of aromatic nitrogens is 6.